The molecule has 3 rings (SSSR count). The zero-order chi connectivity index (χ0) is 8.55. The van der Waals surface area contributed by atoms with Gasteiger partial charge in [-0.2, -0.15) is 0 Å². The summed E-state index contributed by atoms with van der Waals surface area (Å²) in [6.07, 6.45) is 2.58. The average Bonchev–Trinajstić information content (AvgIpc) is 2.18. The molecule has 68 valence electrons. The molecule has 0 saturated carbocycles. The monoisotopic (exact) mass is 168 g/mol. The molecular weight excluding hydrogens is 152 g/mol. The van der Waals surface area contributed by atoms with Crippen LogP contribution in [0.2, 0.25) is 0 Å². The standard InChI is InChI=1S/C9H16N2O/c1-7(10-12)9-6-11-4-2-8(9)3-5-11/h8-9,12H,2-6H2,1H3/b10-7+. The maximum absolute atomic E-state index is 8.68. The van der Waals surface area contributed by atoms with E-state index in [1.54, 1.807) is 0 Å². The highest BCUT2D eigenvalue weighted by Crippen LogP contribution is 2.32. The van der Waals surface area contributed by atoms with Crippen LogP contribution in [0.1, 0.15) is 19.8 Å². The van der Waals surface area contributed by atoms with Gasteiger partial charge in [0.15, 0.2) is 0 Å². The van der Waals surface area contributed by atoms with Crippen LogP contribution in [0.5, 0.6) is 0 Å². The van der Waals surface area contributed by atoms with E-state index in [1.165, 1.54) is 25.9 Å². The summed E-state index contributed by atoms with van der Waals surface area (Å²) < 4.78 is 0. The second-order valence-electron chi connectivity index (χ2n) is 3.99. The number of oxime groups is 1. The molecule has 1 atom stereocenters. The predicted octanol–water partition coefficient (Wildman–Crippen LogP) is 1.18. The van der Waals surface area contributed by atoms with E-state index in [0.717, 1.165) is 18.2 Å². The molecule has 0 radical (unpaired) electrons. The molecule has 0 aromatic carbocycles. The summed E-state index contributed by atoms with van der Waals surface area (Å²) in [6.45, 7) is 5.55. The van der Waals surface area contributed by atoms with Gasteiger partial charge in [0, 0.05) is 12.5 Å². The topological polar surface area (TPSA) is 35.8 Å². The summed E-state index contributed by atoms with van der Waals surface area (Å²) in [5.41, 5.74) is 0.921. The molecule has 1 unspecified atom stereocenters. The van der Waals surface area contributed by atoms with Gasteiger partial charge in [0.05, 0.1) is 5.71 Å². The summed E-state index contributed by atoms with van der Waals surface area (Å²) in [5.74, 6) is 1.31. The largest absolute Gasteiger partial charge is 0.411 e. The van der Waals surface area contributed by atoms with Crippen LogP contribution in [0, 0.1) is 11.8 Å². The first-order valence-electron chi connectivity index (χ1n) is 4.72. The molecule has 3 aliphatic rings. The Bertz CT molecular complexity index is 195. The average molecular weight is 168 g/mol. The summed E-state index contributed by atoms with van der Waals surface area (Å²) in [4.78, 5) is 2.47. The molecule has 3 fully saturated rings. The quantitative estimate of drug-likeness (QED) is 0.362. The number of rotatable bonds is 1. The number of piperidine rings is 3. The molecular formula is C9H16N2O. The Balaban J connectivity index is 2.08. The van der Waals surface area contributed by atoms with Gasteiger partial charge >= 0.3 is 0 Å². The van der Waals surface area contributed by atoms with Crippen molar-refractivity contribution in [2.75, 3.05) is 19.6 Å². The van der Waals surface area contributed by atoms with Crippen LogP contribution in [0.15, 0.2) is 5.16 Å². The maximum atomic E-state index is 8.68. The highest BCUT2D eigenvalue weighted by atomic mass is 16.4. The molecule has 3 nitrogen and oxygen atoms in total. The Hall–Kier alpha value is -0.570. The summed E-state index contributed by atoms with van der Waals surface area (Å²) in [7, 11) is 0. The Morgan fingerprint density at radius 3 is 2.50 bits per heavy atom. The van der Waals surface area contributed by atoms with Crippen LogP contribution >= 0.6 is 0 Å². The third kappa shape index (κ3) is 1.22. The number of fused-ring (bicyclic) bond motifs is 3. The van der Waals surface area contributed by atoms with Crippen LogP contribution in [-0.2, 0) is 0 Å². The third-order valence-corrected chi connectivity index (χ3v) is 3.35. The van der Waals surface area contributed by atoms with Gasteiger partial charge in [0.1, 0.15) is 0 Å². The highest BCUT2D eigenvalue weighted by Gasteiger charge is 2.35. The maximum Gasteiger partial charge on any atom is 0.0586 e. The second kappa shape index (κ2) is 3.05. The van der Waals surface area contributed by atoms with E-state index < -0.39 is 0 Å². The molecule has 3 heteroatoms. The van der Waals surface area contributed by atoms with Gasteiger partial charge in [-0.1, -0.05) is 5.16 Å². The van der Waals surface area contributed by atoms with Crippen molar-refractivity contribution in [2.45, 2.75) is 19.8 Å². The lowest BCUT2D eigenvalue weighted by atomic mass is 9.77. The minimum atomic E-state index is 0.525. The van der Waals surface area contributed by atoms with Crippen LogP contribution < -0.4 is 0 Å². The fraction of sp³-hybridized carbons (Fsp3) is 0.889. The zero-order valence-electron chi connectivity index (χ0n) is 7.53. The van der Waals surface area contributed by atoms with Gasteiger partial charge in [0.2, 0.25) is 0 Å². The fourth-order valence-corrected chi connectivity index (χ4v) is 2.51. The summed E-state index contributed by atoms with van der Waals surface area (Å²) in [5, 5.41) is 12.0. The minimum Gasteiger partial charge on any atom is -0.411 e. The summed E-state index contributed by atoms with van der Waals surface area (Å²) in [6, 6.07) is 0. The van der Waals surface area contributed by atoms with Crippen molar-refractivity contribution in [1.29, 1.82) is 0 Å². The van der Waals surface area contributed by atoms with E-state index in [9.17, 15) is 0 Å². The molecule has 3 heterocycles. The highest BCUT2D eigenvalue weighted by molar-refractivity contribution is 5.84. The minimum absolute atomic E-state index is 0.525. The van der Waals surface area contributed by atoms with Crippen molar-refractivity contribution in [3.8, 4) is 0 Å². The number of hydrogen-bond donors (Lipinski definition) is 1. The number of hydrogen-bond acceptors (Lipinski definition) is 3. The smallest absolute Gasteiger partial charge is 0.0586 e. The second-order valence-corrected chi connectivity index (χ2v) is 3.99. The van der Waals surface area contributed by atoms with Crippen LogP contribution in [0.25, 0.3) is 0 Å². The van der Waals surface area contributed by atoms with Gasteiger partial charge in [-0.3, -0.25) is 0 Å². The fourth-order valence-electron chi connectivity index (χ4n) is 2.51. The molecule has 2 bridgehead atoms. The molecule has 0 amide bonds. The van der Waals surface area contributed by atoms with E-state index in [4.69, 9.17) is 5.21 Å². The van der Waals surface area contributed by atoms with E-state index in [2.05, 4.69) is 10.1 Å². The van der Waals surface area contributed by atoms with Gasteiger partial charge < -0.3 is 10.1 Å². The van der Waals surface area contributed by atoms with Crippen molar-refractivity contribution >= 4 is 5.71 Å². The molecule has 3 aliphatic heterocycles. The van der Waals surface area contributed by atoms with Crippen molar-refractivity contribution in [3.63, 3.8) is 0 Å². The van der Waals surface area contributed by atoms with Crippen molar-refractivity contribution in [3.05, 3.63) is 0 Å². The van der Waals surface area contributed by atoms with Crippen molar-refractivity contribution in [1.82, 2.24) is 4.90 Å². The zero-order valence-corrected chi connectivity index (χ0v) is 7.53. The lowest BCUT2D eigenvalue weighted by Gasteiger charge is -2.44. The SMILES string of the molecule is C/C(=N\O)C1CN2CCC1CC2. The molecule has 0 aromatic heterocycles. The first kappa shape index (κ1) is 8.05. The van der Waals surface area contributed by atoms with Gasteiger partial charge in [-0.15, -0.1) is 0 Å². The predicted molar refractivity (Wildman–Crippen MR) is 47.5 cm³/mol. The Morgan fingerprint density at radius 2 is 2.08 bits per heavy atom. The lowest BCUT2D eigenvalue weighted by Crippen LogP contribution is -2.49. The van der Waals surface area contributed by atoms with E-state index in [1.807, 2.05) is 6.92 Å². The molecule has 12 heavy (non-hydrogen) atoms. The molecule has 0 spiro atoms. The van der Waals surface area contributed by atoms with Gasteiger partial charge in [-0.25, -0.2) is 0 Å². The molecule has 3 saturated heterocycles. The van der Waals surface area contributed by atoms with E-state index in [-0.39, 0.29) is 0 Å². The van der Waals surface area contributed by atoms with Gasteiger partial charge in [-0.05, 0) is 38.8 Å². The van der Waals surface area contributed by atoms with Crippen molar-refractivity contribution in [2.24, 2.45) is 17.0 Å². The van der Waals surface area contributed by atoms with Crippen molar-refractivity contribution < 1.29 is 5.21 Å². The normalized spacial score (nSPS) is 41.8. The molecule has 1 N–H and O–H groups in total. The molecule has 0 aromatic rings. The van der Waals surface area contributed by atoms with Crippen LogP contribution in [0.4, 0.5) is 0 Å². The van der Waals surface area contributed by atoms with E-state index >= 15 is 0 Å². The molecule has 0 aliphatic carbocycles. The van der Waals surface area contributed by atoms with Crippen LogP contribution in [-0.4, -0.2) is 35.5 Å². The van der Waals surface area contributed by atoms with Gasteiger partial charge in [0.25, 0.3) is 0 Å². The lowest BCUT2D eigenvalue weighted by molar-refractivity contribution is 0.0802. The van der Waals surface area contributed by atoms with Crippen LogP contribution in [0.3, 0.4) is 0 Å². The first-order chi connectivity index (χ1) is 5.81. The Kier molecular flexibility index (Phi) is 2.05. The third-order valence-electron chi connectivity index (χ3n) is 3.35. The Morgan fingerprint density at radius 1 is 1.42 bits per heavy atom. The summed E-state index contributed by atoms with van der Waals surface area (Å²) >= 11 is 0. The Labute approximate surface area is 73.1 Å². The number of nitrogens with zero attached hydrogens (tertiary/aromatic N) is 2. The van der Waals surface area contributed by atoms with E-state index in [0.29, 0.717) is 5.92 Å². The first-order valence-corrected chi connectivity index (χ1v) is 4.72.